The van der Waals surface area contributed by atoms with Gasteiger partial charge in [0.15, 0.2) is 0 Å². The molecule has 68 valence electrons. The van der Waals surface area contributed by atoms with Crippen LogP contribution < -0.4 is 0 Å². The predicted octanol–water partition coefficient (Wildman–Crippen LogP) is 2.90. The van der Waals surface area contributed by atoms with Crippen molar-refractivity contribution in [2.75, 3.05) is 0 Å². The molecule has 0 N–H and O–H groups in total. The lowest BCUT2D eigenvalue weighted by Gasteiger charge is -2.10. The number of nitrogens with zero attached hydrogens (tertiary/aromatic N) is 2. The first-order chi connectivity index (χ1) is 5.54. The van der Waals surface area contributed by atoms with Gasteiger partial charge in [-0.1, -0.05) is 13.8 Å². The third kappa shape index (κ3) is 1.52. The summed E-state index contributed by atoms with van der Waals surface area (Å²) in [5.74, 6) is 0.532. The number of aromatic nitrogens is 2. The second kappa shape index (κ2) is 3.30. The van der Waals surface area contributed by atoms with Gasteiger partial charge in [0.05, 0.1) is 12.0 Å². The van der Waals surface area contributed by atoms with Crippen molar-refractivity contribution in [1.29, 1.82) is 0 Å². The molecule has 1 aromatic heterocycles. The molecule has 0 saturated heterocycles. The van der Waals surface area contributed by atoms with Gasteiger partial charge < -0.3 is 4.57 Å². The number of hydrogen-bond donors (Lipinski definition) is 0. The normalized spacial score (nSPS) is 11.6. The Morgan fingerprint density at radius 2 is 1.83 bits per heavy atom. The van der Waals surface area contributed by atoms with Gasteiger partial charge >= 0.3 is 0 Å². The van der Waals surface area contributed by atoms with Crippen LogP contribution in [0.3, 0.4) is 0 Å². The van der Waals surface area contributed by atoms with Gasteiger partial charge in [0.1, 0.15) is 0 Å². The largest absolute Gasteiger partial charge is 0.332 e. The molecule has 0 aromatic carbocycles. The van der Waals surface area contributed by atoms with E-state index in [1.54, 1.807) is 0 Å². The molecule has 0 aliphatic heterocycles. The van der Waals surface area contributed by atoms with Crippen LogP contribution in [-0.2, 0) is 0 Å². The molecule has 0 saturated carbocycles. The number of hydrogen-bond acceptors (Lipinski definition) is 1. The Hall–Kier alpha value is -0.790. The van der Waals surface area contributed by atoms with Gasteiger partial charge in [0.2, 0.25) is 0 Å². The minimum Gasteiger partial charge on any atom is -0.332 e. The fourth-order valence-corrected chi connectivity index (χ4v) is 1.52. The Morgan fingerprint density at radius 3 is 2.08 bits per heavy atom. The van der Waals surface area contributed by atoms with E-state index in [1.807, 2.05) is 6.33 Å². The smallest absolute Gasteiger partial charge is 0.0954 e. The van der Waals surface area contributed by atoms with E-state index in [4.69, 9.17) is 0 Å². The maximum absolute atomic E-state index is 4.40. The molecule has 0 atom stereocenters. The maximum atomic E-state index is 4.40. The van der Waals surface area contributed by atoms with E-state index in [2.05, 4.69) is 44.2 Å². The zero-order valence-electron chi connectivity index (χ0n) is 8.63. The molecular weight excluding hydrogens is 148 g/mol. The highest BCUT2D eigenvalue weighted by atomic mass is 15.1. The lowest BCUT2D eigenvalue weighted by molar-refractivity contribution is 0.583. The van der Waals surface area contributed by atoms with Crippen molar-refractivity contribution < 1.29 is 0 Å². The summed E-state index contributed by atoms with van der Waals surface area (Å²) >= 11 is 0. The third-order valence-electron chi connectivity index (χ3n) is 2.18. The summed E-state index contributed by atoms with van der Waals surface area (Å²) in [6, 6.07) is 0.519. The van der Waals surface area contributed by atoms with Crippen molar-refractivity contribution in [2.24, 2.45) is 0 Å². The fraction of sp³-hybridized carbons (Fsp3) is 0.700. The molecule has 0 spiro atoms. The summed E-state index contributed by atoms with van der Waals surface area (Å²) in [5.41, 5.74) is 2.53. The van der Waals surface area contributed by atoms with Gasteiger partial charge in [-0.25, -0.2) is 4.98 Å². The molecule has 1 heterocycles. The van der Waals surface area contributed by atoms with Crippen molar-refractivity contribution in [3.8, 4) is 0 Å². The first-order valence-corrected chi connectivity index (χ1v) is 4.57. The van der Waals surface area contributed by atoms with Crippen molar-refractivity contribution in [2.45, 2.75) is 46.6 Å². The van der Waals surface area contributed by atoms with E-state index in [0.29, 0.717) is 12.0 Å². The highest BCUT2D eigenvalue weighted by Crippen LogP contribution is 2.19. The van der Waals surface area contributed by atoms with Crippen LogP contribution in [0.15, 0.2) is 6.33 Å². The van der Waals surface area contributed by atoms with E-state index in [0.717, 1.165) is 0 Å². The van der Waals surface area contributed by atoms with Gasteiger partial charge in [-0.05, 0) is 26.7 Å². The summed E-state index contributed by atoms with van der Waals surface area (Å²) < 4.78 is 2.22. The fourth-order valence-electron chi connectivity index (χ4n) is 1.52. The zero-order chi connectivity index (χ0) is 9.30. The summed E-state index contributed by atoms with van der Waals surface area (Å²) in [6.07, 6.45) is 1.94. The molecule has 0 aliphatic carbocycles. The zero-order valence-corrected chi connectivity index (χ0v) is 8.63. The van der Waals surface area contributed by atoms with Crippen LogP contribution in [0.4, 0.5) is 0 Å². The Morgan fingerprint density at radius 1 is 1.25 bits per heavy atom. The second-order valence-corrected chi connectivity index (χ2v) is 3.87. The molecule has 1 aromatic rings. The Kier molecular flexibility index (Phi) is 2.55. The summed E-state index contributed by atoms with van der Waals surface area (Å²) in [4.78, 5) is 4.40. The third-order valence-corrected chi connectivity index (χ3v) is 2.18. The second-order valence-electron chi connectivity index (χ2n) is 3.87. The van der Waals surface area contributed by atoms with Crippen molar-refractivity contribution >= 4 is 0 Å². The first-order valence-electron chi connectivity index (χ1n) is 4.57. The van der Waals surface area contributed by atoms with Crippen LogP contribution in [-0.4, -0.2) is 9.55 Å². The minimum atomic E-state index is 0.519. The van der Waals surface area contributed by atoms with Crippen LogP contribution in [0, 0.1) is 6.92 Å². The molecule has 0 radical (unpaired) electrons. The molecule has 0 amide bonds. The topological polar surface area (TPSA) is 17.8 Å². The van der Waals surface area contributed by atoms with Gasteiger partial charge in [-0.3, -0.25) is 0 Å². The SMILES string of the molecule is Cc1c(C(C)C)ncn1C(C)C. The first kappa shape index (κ1) is 9.30. The molecule has 2 nitrogen and oxygen atoms in total. The Labute approximate surface area is 74.6 Å². The monoisotopic (exact) mass is 166 g/mol. The van der Waals surface area contributed by atoms with Gasteiger partial charge in [-0.2, -0.15) is 0 Å². The van der Waals surface area contributed by atoms with Crippen molar-refractivity contribution in [1.82, 2.24) is 9.55 Å². The van der Waals surface area contributed by atoms with E-state index in [-0.39, 0.29) is 0 Å². The predicted molar refractivity (Wildman–Crippen MR) is 51.4 cm³/mol. The van der Waals surface area contributed by atoms with Crippen molar-refractivity contribution in [3.05, 3.63) is 17.7 Å². The number of imidazole rings is 1. The van der Waals surface area contributed by atoms with Gasteiger partial charge in [-0.15, -0.1) is 0 Å². The van der Waals surface area contributed by atoms with Crippen LogP contribution >= 0.6 is 0 Å². The van der Waals surface area contributed by atoms with E-state index in [1.165, 1.54) is 11.4 Å². The minimum absolute atomic E-state index is 0.519. The summed E-state index contributed by atoms with van der Waals surface area (Å²) in [5, 5.41) is 0. The summed E-state index contributed by atoms with van der Waals surface area (Å²) in [7, 11) is 0. The van der Waals surface area contributed by atoms with E-state index < -0.39 is 0 Å². The maximum Gasteiger partial charge on any atom is 0.0954 e. The van der Waals surface area contributed by atoms with Crippen molar-refractivity contribution in [3.63, 3.8) is 0 Å². The average molecular weight is 166 g/mol. The standard InChI is InChI=1S/C10H18N2/c1-7(2)10-9(5)12(6-11-10)8(3)4/h6-8H,1-5H3. The lowest BCUT2D eigenvalue weighted by atomic mass is 10.1. The molecule has 0 aliphatic rings. The molecule has 2 heteroatoms. The average Bonchev–Trinajstić information content (AvgIpc) is 2.30. The Bertz CT molecular complexity index is 233. The van der Waals surface area contributed by atoms with Crippen LogP contribution in [0.25, 0.3) is 0 Å². The number of rotatable bonds is 2. The van der Waals surface area contributed by atoms with Crippen LogP contribution in [0.5, 0.6) is 0 Å². The molecule has 0 fully saturated rings. The van der Waals surface area contributed by atoms with Crippen LogP contribution in [0.2, 0.25) is 0 Å². The van der Waals surface area contributed by atoms with Crippen LogP contribution in [0.1, 0.15) is 51.0 Å². The van der Waals surface area contributed by atoms with E-state index >= 15 is 0 Å². The summed E-state index contributed by atoms with van der Waals surface area (Å²) in [6.45, 7) is 10.9. The van der Waals surface area contributed by atoms with E-state index in [9.17, 15) is 0 Å². The lowest BCUT2D eigenvalue weighted by Crippen LogP contribution is -2.02. The molecule has 12 heavy (non-hydrogen) atoms. The highest BCUT2D eigenvalue weighted by molar-refractivity contribution is 5.15. The molecule has 1 rings (SSSR count). The molecule has 0 bridgehead atoms. The van der Waals surface area contributed by atoms with Gasteiger partial charge in [0.25, 0.3) is 0 Å². The molecule has 0 unspecified atom stereocenters. The quantitative estimate of drug-likeness (QED) is 0.660. The molecular formula is C10H18N2. The van der Waals surface area contributed by atoms with Gasteiger partial charge in [0, 0.05) is 11.7 Å². The highest BCUT2D eigenvalue weighted by Gasteiger charge is 2.10. The Balaban J connectivity index is 3.04.